The van der Waals surface area contributed by atoms with Gasteiger partial charge in [-0.15, -0.1) is 11.3 Å². The van der Waals surface area contributed by atoms with Crippen LogP contribution in [-0.2, 0) is 17.8 Å². The average molecular weight is 359 g/mol. The van der Waals surface area contributed by atoms with E-state index < -0.39 is 0 Å². The van der Waals surface area contributed by atoms with E-state index in [1.165, 1.54) is 16.0 Å². The highest BCUT2D eigenvalue weighted by molar-refractivity contribution is 7.10. The summed E-state index contributed by atoms with van der Waals surface area (Å²) in [6, 6.07) is 10.1. The normalized spacial score (nSPS) is 20.7. The summed E-state index contributed by atoms with van der Waals surface area (Å²) in [5.74, 6) is 0.0933. The number of thiophene rings is 1. The van der Waals surface area contributed by atoms with E-state index in [0.29, 0.717) is 13.1 Å². The summed E-state index contributed by atoms with van der Waals surface area (Å²) < 4.78 is 5.70. The molecule has 3 rings (SSSR count). The van der Waals surface area contributed by atoms with Crippen molar-refractivity contribution < 1.29 is 9.53 Å². The Hall–Kier alpha value is -1.69. The first-order chi connectivity index (χ1) is 12.0. The molecule has 0 aliphatic carbocycles. The highest BCUT2D eigenvalue weighted by Crippen LogP contribution is 2.16. The predicted octanol–water partition coefficient (Wildman–Crippen LogP) is 3.60. The molecule has 2 atom stereocenters. The Balaban J connectivity index is 1.54. The van der Waals surface area contributed by atoms with E-state index in [1.807, 2.05) is 43.0 Å². The highest BCUT2D eigenvalue weighted by atomic mass is 32.1. The topological polar surface area (TPSA) is 41.6 Å². The third-order valence-corrected chi connectivity index (χ3v) is 5.51. The van der Waals surface area contributed by atoms with Gasteiger partial charge in [-0.3, -0.25) is 4.79 Å². The summed E-state index contributed by atoms with van der Waals surface area (Å²) in [4.78, 5) is 15.9. The summed E-state index contributed by atoms with van der Waals surface area (Å²) >= 11 is 1.78. The summed E-state index contributed by atoms with van der Waals surface area (Å²) in [6.07, 6.45) is 0.189. The van der Waals surface area contributed by atoms with Crippen LogP contribution in [0, 0.1) is 6.92 Å². The molecule has 0 bridgehead atoms. The molecule has 1 aliphatic rings. The van der Waals surface area contributed by atoms with Gasteiger partial charge in [0.1, 0.15) is 0 Å². The first-order valence-electron chi connectivity index (χ1n) is 8.80. The van der Waals surface area contributed by atoms with Crippen LogP contribution in [0.3, 0.4) is 0 Å². The Morgan fingerprint density at radius 1 is 1.16 bits per heavy atom. The van der Waals surface area contributed by atoms with E-state index in [1.54, 1.807) is 11.3 Å². The van der Waals surface area contributed by atoms with Crippen LogP contribution in [0.2, 0.25) is 0 Å². The van der Waals surface area contributed by atoms with Crippen LogP contribution in [0.1, 0.15) is 40.2 Å². The highest BCUT2D eigenvalue weighted by Gasteiger charge is 2.26. The first-order valence-corrected chi connectivity index (χ1v) is 9.68. The molecule has 2 aromatic rings. The van der Waals surface area contributed by atoms with Crippen molar-refractivity contribution in [3.63, 3.8) is 0 Å². The van der Waals surface area contributed by atoms with Crippen LogP contribution in [-0.4, -0.2) is 36.1 Å². The van der Waals surface area contributed by atoms with E-state index in [-0.39, 0.29) is 18.1 Å². The summed E-state index contributed by atoms with van der Waals surface area (Å²) in [5.41, 5.74) is 3.28. The lowest BCUT2D eigenvalue weighted by atomic mass is 10.1. The van der Waals surface area contributed by atoms with Gasteiger partial charge in [-0.1, -0.05) is 12.1 Å². The van der Waals surface area contributed by atoms with E-state index in [4.69, 9.17) is 4.74 Å². The number of aryl methyl sites for hydroxylation is 1. The smallest absolute Gasteiger partial charge is 0.254 e. The zero-order valence-electron chi connectivity index (χ0n) is 15.1. The zero-order valence-corrected chi connectivity index (χ0v) is 15.9. The number of nitrogens with one attached hydrogen (secondary N) is 1. The number of nitrogens with zero attached hydrogens (tertiary/aromatic N) is 1. The van der Waals surface area contributed by atoms with Crippen molar-refractivity contribution in [1.29, 1.82) is 0 Å². The molecule has 0 radical (unpaired) electrons. The van der Waals surface area contributed by atoms with Crippen molar-refractivity contribution in [3.8, 4) is 0 Å². The third kappa shape index (κ3) is 4.69. The number of benzene rings is 1. The molecule has 4 nitrogen and oxygen atoms in total. The lowest BCUT2D eigenvalue weighted by Crippen LogP contribution is -2.48. The van der Waals surface area contributed by atoms with Crippen molar-refractivity contribution in [2.24, 2.45) is 0 Å². The molecule has 0 saturated carbocycles. The maximum Gasteiger partial charge on any atom is 0.254 e. The van der Waals surface area contributed by atoms with E-state index in [9.17, 15) is 4.79 Å². The second-order valence-electron chi connectivity index (χ2n) is 6.79. The fourth-order valence-corrected chi connectivity index (χ4v) is 4.07. The Kier molecular flexibility index (Phi) is 5.89. The average Bonchev–Trinajstić information content (AvgIpc) is 2.99. The van der Waals surface area contributed by atoms with Crippen LogP contribution >= 0.6 is 11.3 Å². The molecule has 25 heavy (non-hydrogen) atoms. The van der Waals surface area contributed by atoms with Gasteiger partial charge in [0.2, 0.25) is 0 Å². The van der Waals surface area contributed by atoms with Gasteiger partial charge < -0.3 is 15.0 Å². The SMILES string of the molecule is Cc1ccsc1CNCc1ccc(C(=O)N2CC(C)OC(C)C2)cc1. The minimum atomic E-state index is 0.0933. The maximum absolute atomic E-state index is 12.7. The van der Waals surface area contributed by atoms with Crippen molar-refractivity contribution in [2.45, 2.75) is 46.1 Å². The number of hydrogen-bond acceptors (Lipinski definition) is 4. The number of hydrogen-bond donors (Lipinski definition) is 1. The van der Waals surface area contributed by atoms with Crippen molar-refractivity contribution >= 4 is 17.2 Å². The summed E-state index contributed by atoms with van der Waals surface area (Å²) in [5, 5.41) is 5.59. The minimum absolute atomic E-state index is 0.0933. The molecule has 2 unspecified atom stereocenters. The first kappa shape index (κ1) is 18.1. The van der Waals surface area contributed by atoms with Crippen molar-refractivity contribution in [1.82, 2.24) is 10.2 Å². The standard InChI is InChI=1S/C20H26N2O2S/c1-14-8-9-25-19(14)11-21-10-17-4-6-18(7-5-17)20(23)22-12-15(2)24-16(3)13-22/h4-9,15-16,21H,10-13H2,1-3H3. The van der Waals surface area contributed by atoms with Gasteiger partial charge in [0.15, 0.2) is 0 Å². The molecular weight excluding hydrogens is 332 g/mol. The molecular formula is C20H26N2O2S. The largest absolute Gasteiger partial charge is 0.372 e. The molecule has 5 heteroatoms. The second-order valence-corrected chi connectivity index (χ2v) is 7.80. The van der Waals surface area contributed by atoms with E-state index in [0.717, 1.165) is 18.7 Å². The number of carbonyl (C=O) groups is 1. The van der Waals surface area contributed by atoms with Crippen molar-refractivity contribution in [3.05, 3.63) is 57.3 Å². The second kappa shape index (κ2) is 8.13. The summed E-state index contributed by atoms with van der Waals surface area (Å²) in [6.45, 7) is 9.17. The van der Waals surface area contributed by atoms with Gasteiger partial charge in [-0.2, -0.15) is 0 Å². The number of rotatable bonds is 5. The molecule has 2 heterocycles. The molecule has 0 spiro atoms. The maximum atomic E-state index is 12.7. The number of carbonyl (C=O) groups excluding carboxylic acids is 1. The predicted molar refractivity (Wildman–Crippen MR) is 102 cm³/mol. The van der Waals surface area contributed by atoms with Gasteiger partial charge >= 0.3 is 0 Å². The lowest BCUT2D eigenvalue weighted by Gasteiger charge is -2.35. The van der Waals surface area contributed by atoms with E-state index >= 15 is 0 Å². The van der Waals surface area contributed by atoms with Crippen LogP contribution < -0.4 is 5.32 Å². The van der Waals surface area contributed by atoms with Crippen LogP contribution in [0.15, 0.2) is 35.7 Å². The lowest BCUT2D eigenvalue weighted by molar-refractivity contribution is -0.0586. The molecule has 1 aromatic carbocycles. The Labute approximate surface area is 153 Å². The van der Waals surface area contributed by atoms with Gasteiger partial charge in [0, 0.05) is 36.6 Å². The molecule has 1 saturated heterocycles. The van der Waals surface area contributed by atoms with Crippen LogP contribution in [0.25, 0.3) is 0 Å². The zero-order chi connectivity index (χ0) is 17.8. The van der Waals surface area contributed by atoms with E-state index in [2.05, 4.69) is 23.7 Å². The fourth-order valence-electron chi connectivity index (χ4n) is 3.20. The molecule has 1 N–H and O–H groups in total. The Morgan fingerprint density at radius 2 is 1.84 bits per heavy atom. The van der Waals surface area contributed by atoms with Crippen LogP contribution in [0.5, 0.6) is 0 Å². The Bertz CT molecular complexity index is 701. The van der Waals surface area contributed by atoms with Gasteiger partial charge in [-0.25, -0.2) is 0 Å². The number of amides is 1. The number of ether oxygens (including phenoxy) is 1. The fraction of sp³-hybridized carbons (Fsp3) is 0.450. The van der Waals surface area contributed by atoms with Gasteiger partial charge in [-0.05, 0) is 55.5 Å². The molecule has 1 fully saturated rings. The monoisotopic (exact) mass is 358 g/mol. The van der Waals surface area contributed by atoms with Crippen molar-refractivity contribution in [2.75, 3.05) is 13.1 Å². The minimum Gasteiger partial charge on any atom is -0.372 e. The number of morpholine rings is 1. The van der Waals surface area contributed by atoms with Gasteiger partial charge in [0.05, 0.1) is 12.2 Å². The summed E-state index contributed by atoms with van der Waals surface area (Å²) in [7, 11) is 0. The van der Waals surface area contributed by atoms with Gasteiger partial charge in [0.25, 0.3) is 5.91 Å². The van der Waals surface area contributed by atoms with Crippen LogP contribution in [0.4, 0.5) is 0 Å². The molecule has 134 valence electrons. The Morgan fingerprint density at radius 3 is 2.44 bits per heavy atom. The third-order valence-electron chi connectivity index (χ3n) is 4.49. The molecule has 1 aromatic heterocycles. The molecule has 1 amide bonds. The molecule has 1 aliphatic heterocycles. The quantitative estimate of drug-likeness (QED) is 0.888.